The van der Waals surface area contributed by atoms with Crippen LogP contribution < -0.4 is 4.74 Å². The third-order valence-corrected chi connectivity index (χ3v) is 3.99. The Hall–Kier alpha value is -2.48. The van der Waals surface area contributed by atoms with Crippen LogP contribution in [0.2, 0.25) is 5.02 Å². The molecular weight excluding hydrogens is 368 g/mol. The van der Waals surface area contributed by atoms with E-state index in [1.54, 1.807) is 6.07 Å². The highest BCUT2D eigenvalue weighted by molar-refractivity contribution is 6.32. The summed E-state index contributed by atoms with van der Waals surface area (Å²) in [7, 11) is 0. The van der Waals surface area contributed by atoms with Gasteiger partial charge in [-0.2, -0.15) is 8.78 Å². The highest BCUT2D eigenvalue weighted by atomic mass is 35.5. The Labute approximate surface area is 153 Å². The van der Waals surface area contributed by atoms with Gasteiger partial charge in [-0.15, -0.1) is 0 Å². The summed E-state index contributed by atoms with van der Waals surface area (Å²) in [6.45, 7) is 1.34. The zero-order chi connectivity index (χ0) is 18.9. The van der Waals surface area contributed by atoms with E-state index in [4.69, 9.17) is 16.3 Å². The van der Waals surface area contributed by atoms with Gasteiger partial charge in [0.05, 0.1) is 41.9 Å². The first-order valence-electron chi connectivity index (χ1n) is 7.77. The number of cyclic esters (lactones) is 1. The smallest absolute Gasteiger partial charge is 0.410 e. The third-order valence-electron chi connectivity index (χ3n) is 3.67. The lowest BCUT2D eigenvalue weighted by atomic mass is 10.1. The second-order valence-electron chi connectivity index (χ2n) is 6.40. The van der Waals surface area contributed by atoms with Gasteiger partial charge >= 0.3 is 12.7 Å². The number of amides is 1. The number of benzene rings is 1. The van der Waals surface area contributed by atoms with Gasteiger partial charge in [-0.3, -0.25) is 9.88 Å². The van der Waals surface area contributed by atoms with Crippen LogP contribution in [-0.2, 0) is 11.3 Å². The van der Waals surface area contributed by atoms with E-state index >= 15 is 0 Å². The number of carbonyl (C=O) groups is 1. The van der Waals surface area contributed by atoms with Crippen molar-refractivity contribution in [3.05, 3.63) is 41.3 Å². The predicted octanol–water partition coefficient (Wildman–Crippen LogP) is 4.13. The van der Waals surface area contributed by atoms with Gasteiger partial charge in [0.25, 0.3) is 0 Å². The zero-order valence-corrected chi connectivity index (χ0v) is 14.8. The predicted molar refractivity (Wildman–Crippen MR) is 90.1 cm³/mol. The quantitative estimate of drug-likeness (QED) is 0.776. The van der Waals surface area contributed by atoms with Crippen molar-refractivity contribution >= 4 is 17.7 Å². The minimum absolute atomic E-state index is 0.0696. The average molecular weight is 384 g/mol. The molecule has 0 unspecified atom stereocenters. The molecule has 2 aromatic rings. The summed E-state index contributed by atoms with van der Waals surface area (Å²) in [5.41, 5.74) is 0.956. The molecule has 3 rings (SSSR count). The largest absolute Gasteiger partial charge is 0.441 e. The fourth-order valence-electron chi connectivity index (χ4n) is 2.64. The van der Waals surface area contributed by atoms with Gasteiger partial charge in [0.15, 0.2) is 0 Å². The molecule has 1 aliphatic heterocycles. The molecule has 2 heterocycles. The van der Waals surface area contributed by atoms with Crippen LogP contribution in [0.4, 0.5) is 13.6 Å². The fourth-order valence-corrected chi connectivity index (χ4v) is 2.81. The molecule has 0 radical (unpaired) electrons. The molecular formula is C17H16ClF2N3O3. The molecule has 1 aromatic carbocycles. The molecule has 1 aromatic heterocycles. The maximum Gasteiger partial charge on any atom is 0.410 e. The first-order chi connectivity index (χ1) is 12.2. The molecule has 0 atom stereocenters. The van der Waals surface area contributed by atoms with Crippen molar-refractivity contribution in [3.8, 4) is 17.0 Å². The number of nitrogens with zero attached hydrogens (tertiary/aromatic N) is 3. The van der Waals surface area contributed by atoms with E-state index in [2.05, 4.69) is 14.7 Å². The third kappa shape index (κ3) is 4.19. The summed E-state index contributed by atoms with van der Waals surface area (Å²) in [6.07, 6.45) is 2.61. The van der Waals surface area contributed by atoms with Crippen molar-refractivity contribution < 1.29 is 23.0 Å². The molecule has 1 aliphatic rings. The van der Waals surface area contributed by atoms with Crippen molar-refractivity contribution in [1.82, 2.24) is 14.9 Å². The molecule has 138 valence electrons. The first kappa shape index (κ1) is 18.3. The maximum absolute atomic E-state index is 12.5. The number of alkyl halides is 2. The van der Waals surface area contributed by atoms with Gasteiger partial charge in [0.1, 0.15) is 11.4 Å². The molecule has 0 N–H and O–H groups in total. The highest BCUT2D eigenvalue weighted by Gasteiger charge is 2.37. The molecule has 0 spiro atoms. The SMILES string of the molecule is CC1(C)CN(Cc2cncc(-c3ccc(Cl)c(OC(F)F)c3)n2)C(=O)O1. The molecule has 0 aliphatic carbocycles. The molecule has 0 bridgehead atoms. The zero-order valence-electron chi connectivity index (χ0n) is 14.1. The van der Waals surface area contributed by atoms with Gasteiger partial charge in [0, 0.05) is 5.56 Å². The second-order valence-corrected chi connectivity index (χ2v) is 6.81. The normalized spacial score (nSPS) is 16.1. The Kier molecular flexibility index (Phi) is 4.95. The Morgan fingerprint density at radius 2 is 2.15 bits per heavy atom. The van der Waals surface area contributed by atoms with Crippen LogP contribution in [0, 0.1) is 0 Å². The monoisotopic (exact) mass is 383 g/mol. The van der Waals surface area contributed by atoms with Gasteiger partial charge in [-0.1, -0.05) is 17.7 Å². The lowest BCUT2D eigenvalue weighted by Crippen LogP contribution is -2.28. The fraction of sp³-hybridized carbons (Fsp3) is 0.353. The van der Waals surface area contributed by atoms with Crippen molar-refractivity contribution in [2.75, 3.05) is 6.54 Å². The van der Waals surface area contributed by atoms with Crippen LogP contribution in [0.1, 0.15) is 19.5 Å². The standard InChI is InChI=1S/C17H16ClF2N3O3/c1-17(2)9-23(16(24)26-17)8-11-6-21-7-13(22-11)10-3-4-12(18)14(5-10)25-15(19)20/h3-7,15H,8-9H2,1-2H3. The Morgan fingerprint density at radius 3 is 2.81 bits per heavy atom. The highest BCUT2D eigenvalue weighted by Crippen LogP contribution is 2.31. The maximum atomic E-state index is 12.5. The van der Waals surface area contributed by atoms with Crippen LogP contribution in [0.15, 0.2) is 30.6 Å². The summed E-state index contributed by atoms with van der Waals surface area (Å²) >= 11 is 5.86. The van der Waals surface area contributed by atoms with Crippen molar-refractivity contribution in [1.29, 1.82) is 0 Å². The minimum Gasteiger partial charge on any atom is -0.441 e. The Morgan fingerprint density at radius 1 is 1.38 bits per heavy atom. The number of aromatic nitrogens is 2. The van der Waals surface area contributed by atoms with E-state index in [9.17, 15) is 13.6 Å². The molecule has 1 amide bonds. The van der Waals surface area contributed by atoms with E-state index < -0.39 is 18.3 Å². The lowest BCUT2D eigenvalue weighted by Gasteiger charge is -2.15. The summed E-state index contributed by atoms with van der Waals surface area (Å²) in [5.74, 6) is -0.142. The Bertz CT molecular complexity index is 833. The van der Waals surface area contributed by atoms with E-state index in [1.807, 2.05) is 13.8 Å². The van der Waals surface area contributed by atoms with Gasteiger partial charge < -0.3 is 9.47 Å². The molecule has 1 saturated heterocycles. The van der Waals surface area contributed by atoms with Gasteiger partial charge in [0.2, 0.25) is 0 Å². The second kappa shape index (κ2) is 7.03. The molecule has 26 heavy (non-hydrogen) atoms. The van der Waals surface area contributed by atoms with Crippen LogP contribution in [0.3, 0.4) is 0 Å². The van der Waals surface area contributed by atoms with E-state index in [0.29, 0.717) is 23.5 Å². The van der Waals surface area contributed by atoms with E-state index in [1.165, 1.54) is 29.4 Å². The summed E-state index contributed by atoms with van der Waals surface area (Å²) in [5, 5.41) is 0.0696. The van der Waals surface area contributed by atoms with Crippen LogP contribution in [0.25, 0.3) is 11.3 Å². The summed E-state index contributed by atoms with van der Waals surface area (Å²) in [6, 6.07) is 4.44. The first-order valence-corrected chi connectivity index (χ1v) is 8.15. The number of rotatable bonds is 5. The van der Waals surface area contributed by atoms with Gasteiger partial charge in [-0.25, -0.2) is 9.78 Å². The van der Waals surface area contributed by atoms with Crippen LogP contribution >= 0.6 is 11.6 Å². The molecule has 0 saturated carbocycles. The van der Waals surface area contributed by atoms with Gasteiger partial charge in [-0.05, 0) is 26.0 Å². The molecule has 9 heteroatoms. The molecule has 6 nitrogen and oxygen atoms in total. The number of ether oxygens (including phenoxy) is 2. The van der Waals surface area contributed by atoms with Crippen molar-refractivity contribution in [3.63, 3.8) is 0 Å². The number of carbonyl (C=O) groups excluding carboxylic acids is 1. The topological polar surface area (TPSA) is 64.5 Å². The van der Waals surface area contributed by atoms with Crippen LogP contribution in [0.5, 0.6) is 5.75 Å². The number of hydrogen-bond acceptors (Lipinski definition) is 5. The van der Waals surface area contributed by atoms with E-state index in [-0.39, 0.29) is 17.3 Å². The lowest BCUT2D eigenvalue weighted by molar-refractivity contribution is -0.0497. The summed E-state index contributed by atoms with van der Waals surface area (Å²) in [4.78, 5) is 22.0. The number of hydrogen-bond donors (Lipinski definition) is 0. The minimum atomic E-state index is -2.98. The number of halogens is 3. The van der Waals surface area contributed by atoms with E-state index in [0.717, 1.165) is 0 Å². The molecule has 1 fully saturated rings. The average Bonchev–Trinajstić information content (AvgIpc) is 2.81. The van der Waals surface area contributed by atoms with Crippen LogP contribution in [-0.4, -0.2) is 39.7 Å². The summed E-state index contributed by atoms with van der Waals surface area (Å²) < 4.78 is 34.6. The Balaban J connectivity index is 1.83. The van der Waals surface area contributed by atoms with Crippen molar-refractivity contribution in [2.45, 2.75) is 32.6 Å². The van der Waals surface area contributed by atoms with Crippen molar-refractivity contribution in [2.24, 2.45) is 0 Å².